The van der Waals surface area contributed by atoms with E-state index in [1.165, 1.54) is 11.3 Å². The van der Waals surface area contributed by atoms with Crippen LogP contribution in [0.4, 0.5) is 22.3 Å². The van der Waals surface area contributed by atoms with Crippen LogP contribution in [-0.4, -0.2) is 24.9 Å². The number of nitrogens with one attached hydrogen (secondary N) is 1. The van der Waals surface area contributed by atoms with Crippen molar-refractivity contribution < 1.29 is 4.79 Å². The standard InChI is InChI=1S/C18H18N4OS/c1-22(2)14-10-8-13(9-11-14)20-18-21-17(19)16(24-18)15(23)12-6-4-3-5-7-12/h3-11H,19H2,1-2H3,(H,20,21). The number of anilines is 4. The van der Waals surface area contributed by atoms with Gasteiger partial charge in [-0.25, -0.2) is 4.98 Å². The van der Waals surface area contributed by atoms with Gasteiger partial charge in [-0.2, -0.15) is 0 Å². The highest BCUT2D eigenvalue weighted by molar-refractivity contribution is 7.18. The van der Waals surface area contributed by atoms with E-state index in [2.05, 4.69) is 10.3 Å². The lowest BCUT2D eigenvalue weighted by atomic mass is 10.1. The Hall–Kier alpha value is -2.86. The molecule has 2 aromatic carbocycles. The Kier molecular flexibility index (Phi) is 4.48. The highest BCUT2D eigenvalue weighted by atomic mass is 32.1. The predicted molar refractivity (Wildman–Crippen MR) is 100 cm³/mol. The van der Waals surface area contributed by atoms with E-state index in [0.29, 0.717) is 15.6 Å². The van der Waals surface area contributed by atoms with Crippen molar-refractivity contribution in [1.82, 2.24) is 4.98 Å². The summed E-state index contributed by atoms with van der Waals surface area (Å²) in [5.74, 6) is 0.142. The fraction of sp³-hybridized carbons (Fsp3) is 0.111. The van der Waals surface area contributed by atoms with Crippen molar-refractivity contribution in [1.29, 1.82) is 0 Å². The predicted octanol–water partition coefficient (Wildman–Crippen LogP) is 3.77. The van der Waals surface area contributed by atoms with Gasteiger partial charge in [-0.05, 0) is 24.3 Å². The van der Waals surface area contributed by atoms with E-state index < -0.39 is 0 Å². The van der Waals surface area contributed by atoms with Gasteiger partial charge in [-0.3, -0.25) is 4.79 Å². The number of rotatable bonds is 5. The number of ketones is 1. The fourth-order valence-electron chi connectivity index (χ4n) is 2.24. The molecule has 0 aliphatic heterocycles. The van der Waals surface area contributed by atoms with Crippen LogP contribution in [0.5, 0.6) is 0 Å². The molecule has 6 heteroatoms. The van der Waals surface area contributed by atoms with E-state index in [1.807, 2.05) is 61.5 Å². The highest BCUT2D eigenvalue weighted by Crippen LogP contribution is 2.30. The third-order valence-corrected chi connectivity index (χ3v) is 4.52. The molecular formula is C18H18N4OS. The van der Waals surface area contributed by atoms with E-state index >= 15 is 0 Å². The SMILES string of the molecule is CN(C)c1ccc(Nc2nc(N)c(C(=O)c3ccccc3)s2)cc1. The molecule has 3 aromatic rings. The van der Waals surface area contributed by atoms with Crippen molar-refractivity contribution in [3.63, 3.8) is 0 Å². The Morgan fingerprint density at radius 1 is 1.08 bits per heavy atom. The number of thiazole rings is 1. The molecule has 1 aromatic heterocycles. The molecule has 0 bridgehead atoms. The summed E-state index contributed by atoms with van der Waals surface area (Å²) >= 11 is 1.26. The summed E-state index contributed by atoms with van der Waals surface area (Å²) in [7, 11) is 3.98. The second-order valence-corrected chi connectivity index (χ2v) is 6.49. The molecule has 0 amide bonds. The van der Waals surface area contributed by atoms with Crippen molar-refractivity contribution in [3.05, 3.63) is 65.0 Å². The Bertz CT molecular complexity index is 841. The minimum Gasteiger partial charge on any atom is -0.382 e. The summed E-state index contributed by atoms with van der Waals surface area (Å²) in [5, 5.41) is 3.80. The van der Waals surface area contributed by atoms with Crippen molar-refractivity contribution in [3.8, 4) is 0 Å². The zero-order chi connectivity index (χ0) is 17.1. The maximum Gasteiger partial charge on any atom is 0.206 e. The first-order valence-electron chi connectivity index (χ1n) is 7.45. The maximum absolute atomic E-state index is 12.5. The van der Waals surface area contributed by atoms with Crippen molar-refractivity contribution in [2.75, 3.05) is 30.0 Å². The fourth-order valence-corrected chi connectivity index (χ4v) is 3.10. The number of hydrogen-bond acceptors (Lipinski definition) is 6. The zero-order valence-corrected chi connectivity index (χ0v) is 14.3. The van der Waals surface area contributed by atoms with Crippen molar-refractivity contribution >= 4 is 39.4 Å². The normalized spacial score (nSPS) is 10.4. The molecule has 3 rings (SSSR count). The minimum absolute atomic E-state index is 0.110. The van der Waals surface area contributed by atoms with Gasteiger partial charge >= 0.3 is 0 Å². The van der Waals surface area contributed by atoms with Gasteiger partial charge in [0.05, 0.1) is 0 Å². The molecule has 1 heterocycles. The number of nitrogen functional groups attached to an aromatic ring is 1. The van der Waals surface area contributed by atoms with Gasteiger partial charge in [0.1, 0.15) is 10.7 Å². The van der Waals surface area contributed by atoms with Gasteiger partial charge in [-0.15, -0.1) is 0 Å². The van der Waals surface area contributed by atoms with Crippen LogP contribution in [0, 0.1) is 0 Å². The monoisotopic (exact) mass is 338 g/mol. The third kappa shape index (κ3) is 3.38. The second-order valence-electron chi connectivity index (χ2n) is 5.49. The third-order valence-electron chi connectivity index (χ3n) is 3.53. The molecule has 0 radical (unpaired) electrons. The van der Waals surface area contributed by atoms with Crippen LogP contribution in [0.15, 0.2) is 54.6 Å². The summed E-state index contributed by atoms with van der Waals surface area (Å²) in [4.78, 5) is 19.3. The quantitative estimate of drug-likeness (QED) is 0.693. The van der Waals surface area contributed by atoms with E-state index in [4.69, 9.17) is 5.73 Å². The Balaban J connectivity index is 1.80. The number of carbonyl (C=O) groups excluding carboxylic acids is 1. The summed E-state index contributed by atoms with van der Waals surface area (Å²) in [6.07, 6.45) is 0. The average molecular weight is 338 g/mol. The maximum atomic E-state index is 12.5. The average Bonchev–Trinajstić information content (AvgIpc) is 2.95. The topological polar surface area (TPSA) is 71.2 Å². The summed E-state index contributed by atoms with van der Waals surface area (Å²) in [6.45, 7) is 0. The molecule has 24 heavy (non-hydrogen) atoms. The molecular weight excluding hydrogens is 320 g/mol. The molecule has 0 atom stereocenters. The molecule has 122 valence electrons. The van der Waals surface area contributed by atoms with Gasteiger partial charge in [0, 0.05) is 31.0 Å². The van der Waals surface area contributed by atoms with Crippen LogP contribution in [0.3, 0.4) is 0 Å². The molecule has 5 nitrogen and oxygen atoms in total. The van der Waals surface area contributed by atoms with Gasteiger partial charge in [-0.1, -0.05) is 41.7 Å². The van der Waals surface area contributed by atoms with Gasteiger partial charge in [0.2, 0.25) is 5.78 Å². The zero-order valence-electron chi connectivity index (χ0n) is 13.5. The van der Waals surface area contributed by atoms with Gasteiger partial charge < -0.3 is 16.0 Å². The molecule has 0 spiro atoms. The number of carbonyl (C=O) groups is 1. The molecule has 0 aliphatic carbocycles. The number of nitrogens with zero attached hydrogens (tertiary/aromatic N) is 2. The van der Waals surface area contributed by atoms with E-state index in [1.54, 1.807) is 12.1 Å². The lowest BCUT2D eigenvalue weighted by Crippen LogP contribution is -2.08. The second kappa shape index (κ2) is 6.72. The van der Waals surface area contributed by atoms with Crippen molar-refractivity contribution in [2.45, 2.75) is 0 Å². The first kappa shape index (κ1) is 16.0. The summed E-state index contributed by atoms with van der Waals surface area (Å²) in [6, 6.07) is 17.0. The first-order chi connectivity index (χ1) is 11.5. The number of hydrogen-bond donors (Lipinski definition) is 2. The highest BCUT2D eigenvalue weighted by Gasteiger charge is 2.17. The number of nitrogens with two attached hydrogens (primary N) is 1. The van der Waals surface area contributed by atoms with Gasteiger partial charge in [0.25, 0.3) is 0 Å². The van der Waals surface area contributed by atoms with E-state index in [0.717, 1.165) is 11.4 Å². The number of benzene rings is 2. The first-order valence-corrected chi connectivity index (χ1v) is 8.26. The van der Waals surface area contributed by atoms with Crippen LogP contribution in [-0.2, 0) is 0 Å². The summed E-state index contributed by atoms with van der Waals surface area (Å²) in [5.41, 5.74) is 8.54. The van der Waals surface area contributed by atoms with Crippen LogP contribution in [0.25, 0.3) is 0 Å². The minimum atomic E-state index is -0.110. The Morgan fingerprint density at radius 2 is 1.75 bits per heavy atom. The smallest absolute Gasteiger partial charge is 0.206 e. The van der Waals surface area contributed by atoms with E-state index in [-0.39, 0.29) is 11.6 Å². The molecule has 0 fully saturated rings. The van der Waals surface area contributed by atoms with Crippen LogP contribution in [0.2, 0.25) is 0 Å². The lowest BCUT2D eigenvalue weighted by molar-refractivity contribution is 0.104. The van der Waals surface area contributed by atoms with E-state index in [9.17, 15) is 4.79 Å². The number of aromatic nitrogens is 1. The molecule has 0 saturated heterocycles. The lowest BCUT2D eigenvalue weighted by Gasteiger charge is -2.12. The molecule has 0 unspecified atom stereocenters. The van der Waals surface area contributed by atoms with Crippen LogP contribution in [0.1, 0.15) is 15.2 Å². The molecule has 3 N–H and O–H groups in total. The van der Waals surface area contributed by atoms with Crippen LogP contribution >= 0.6 is 11.3 Å². The Labute approximate surface area is 144 Å². The molecule has 0 saturated carbocycles. The van der Waals surface area contributed by atoms with Gasteiger partial charge in [0.15, 0.2) is 5.13 Å². The molecule has 0 aliphatic rings. The largest absolute Gasteiger partial charge is 0.382 e. The van der Waals surface area contributed by atoms with Crippen molar-refractivity contribution in [2.24, 2.45) is 0 Å². The Morgan fingerprint density at radius 3 is 2.38 bits per heavy atom. The summed E-state index contributed by atoms with van der Waals surface area (Å²) < 4.78 is 0. The van der Waals surface area contributed by atoms with Crippen LogP contribution < -0.4 is 16.0 Å².